The second kappa shape index (κ2) is 5.17. The molecule has 1 rings (SSSR count). The van der Waals surface area contributed by atoms with E-state index in [-0.39, 0.29) is 0 Å². The van der Waals surface area contributed by atoms with Crippen LogP contribution in [0.25, 0.3) is 0 Å². The van der Waals surface area contributed by atoms with Crippen LogP contribution in [0.15, 0.2) is 24.3 Å². The quantitative estimate of drug-likeness (QED) is 0.782. The fourth-order valence-corrected chi connectivity index (χ4v) is 1.19. The van der Waals surface area contributed by atoms with Crippen molar-refractivity contribution in [2.24, 2.45) is 5.73 Å². The second-order valence-corrected chi connectivity index (χ2v) is 3.55. The number of benzene rings is 1. The van der Waals surface area contributed by atoms with Gasteiger partial charge in [-0.25, -0.2) is 0 Å². The van der Waals surface area contributed by atoms with E-state index < -0.39 is 0 Å². The lowest BCUT2D eigenvalue weighted by Gasteiger charge is -2.02. The van der Waals surface area contributed by atoms with Crippen LogP contribution in [0.3, 0.4) is 0 Å². The molecule has 70 valence electrons. The third kappa shape index (κ3) is 4.22. The molecule has 1 aromatic carbocycles. The van der Waals surface area contributed by atoms with Gasteiger partial charge in [0.2, 0.25) is 0 Å². The minimum Gasteiger partial charge on any atom is -0.391 e. The summed E-state index contributed by atoms with van der Waals surface area (Å²) in [5.41, 5.74) is 6.28. The van der Waals surface area contributed by atoms with Gasteiger partial charge in [-0.3, -0.25) is 0 Å². The highest BCUT2D eigenvalue weighted by Crippen LogP contribution is 2.11. The Kier molecular flexibility index (Phi) is 4.15. The molecule has 0 atom stereocenters. The van der Waals surface area contributed by atoms with Crippen LogP contribution in [0.4, 0.5) is 0 Å². The number of nitrogens with two attached hydrogens (primary N) is 1. The summed E-state index contributed by atoms with van der Waals surface area (Å²) in [5.74, 6) is 0. The molecule has 13 heavy (non-hydrogen) atoms. The maximum atomic E-state index is 5.78. The maximum absolute atomic E-state index is 5.78. The van der Waals surface area contributed by atoms with E-state index in [1.807, 2.05) is 24.3 Å². The standard InChI is InChI=1S/C9H10ClNOS/c10-8-3-1-2-7(4-8)5-12-6-9(11)13/h1-4H,5-6H2,(H2,11,13). The average molecular weight is 216 g/mol. The molecule has 0 bridgehead atoms. The van der Waals surface area contributed by atoms with Gasteiger partial charge in [0.15, 0.2) is 0 Å². The molecule has 0 spiro atoms. The second-order valence-electron chi connectivity index (χ2n) is 2.59. The van der Waals surface area contributed by atoms with Crippen LogP contribution in [-0.2, 0) is 11.3 Å². The lowest BCUT2D eigenvalue weighted by Crippen LogP contribution is -2.15. The molecular formula is C9H10ClNOS. The van der Waals surface area contributed by atoms with Gasteiger partial charge in [0.1, 0.15) is 0 Å². The Hall–Kier alpha value is -0.640. The van der Waals surface area contributed by atoms with Crippen LogP contribution in [0.2, 0.25) is 5.02 Å². The fourth-order valence-electron chi connectivity index (χ4n) is 0.896. The molecule has 0 saturated carbocycles. The van der Waals surface area contributed by atoms with Gasteiger partial charge < -0.3 is 10.5 Å². The molecule has 0 aliphatic heterocycles. The van der Waals surface area contributed by atoms with Crippen molar-refractivity contribution in [3.63, 3.8) is 0 Å². The van der Waals surface area contributed by atoms with Crippen molar-refractivity contribution in [1.82, 2.24) is 0 Å². The molecule has 0 aliphatic rings. The van der Waals surface area contributed by atoms with Crippen LogP contribution in [0.1, 0.15) is 5.56 Å². The van der Waals surface area contributed by atoms with Crippen LogP contribution in [0.5, 0.6) is 0 Å². The van der Waals surface area contributed by atoms with Gasteiger partial charge in [0, 0.05) is 5.02 Å². The van der Waals surface area contributed by atoms with E-state index in [4.69, 9.17) is 22.1 Å². The van der Waals surface area contributed by atoms with E-state index in [0.717, 1.165) is 5.56 Å². The normalized spacial score (nSPS) is 9.92. The summed E-state index contributed by atoms with van der Waals surface area (Å²) in [4.78, 5) is 0.363. The molecule has 0 aromatic heterocycles. The monoisotopic (exact) mass is 215 g/mol. The van der Waals surface area contributed by atoms with Gasteiger partial charge in [0.05, 0.1) is 18.2 Å². The molecule has 0 fully saturated rings. The van der Waals surface area contributed by atoms with Crippen molar-refractivity contribution < 1.29 is 4.74 Å². The van der Waals surface area contributed by atoms with E-state index in [1.165, 1.54) is 0 Å². The van der Waals surface area contributed by atoms with Crippen molar-refractivity contribution in [3.8, 4) is 0 Å². The lowest BCUT2D eigenvalue weighted by atomic mass is 10.2. The predicted molar refractivity (Wildman–Crippen MR) is 57.9 cm³/mol. The number of hydrogen-bond acceptors (Lipinski definition) is 2. The van der Waals surface area contributed by atoms with Crippen molar-refractivity contribution in [3.05, 3.63) is 34.9 Å². The third-order valence-electron chi connectivity index (χ3n) is 1.40. The van der Waals surface area contributed by atoms with E-state index in [1.54, 1.807) is 0 Å². The molecule has 0 heterocycles. The summed E-state index contributed by atoms with van der Waals surface area (Å²) >= 11 is 10.4. The Bertz CT molecular complexity index is 303. The minimum absolute atomic E-state index is 0.307. The van der Waals surface area contributed by atoms with E-state index in [2.05, 4.69) is 12.2 Å². The molecule has 0 radical (unpaired) electrons. The number of hydrogen-bond donors (Lipinski definition) is 1. The Balaban J connectivity index is 2.41. The van der Waals surface area contributed by atoms with Gasteiger partial charge in [0.25, 0.3) is 0 Å². The predicted octanol–water partition coefficient (Wildman–Crippen LogP) is 2.14. The Morgan fingerprint density at radius 1 is 1.54 bits per heavy atom. The third-order valence-corrected chi connectivity index (χ3v) is 1.76. The average Bonchev–Trinajstić information content (AvgIpc) is 2.03. The van der Waals surface area contributed by atoms with Crippen LogP contribution in [-0.4, -0.2) is 11.6 Å². The molecule has 1 aromatic rings. The fraction of sp³-hybridized carbons (Fsp3) is 0.222. The van der Waals surface area contributed by atoms with Gasteiger partial charge >= 0.3 is 0 Å². The molecule has 0 unspecified atom stereocenters. The number of halogens is 1. The van der Waals surface area contributed by atoms with Crippen molar-refractivity contribution in [2.45, 2.75) is 6.61 Å². The highest BCUT2D eigenvalue weighted by atomic mass is 35.5. The largest absolute Gasteiger partial charge is 0.391 e. The summed E-state index contributed by atoms with van der Waals surface area (Å²) in [6.45, 7) is 0.791. The zero-order valence-corrected chi connectivity index (χ0v) is 8.57. The van der Waals surface area contributed by atoms with Gasteiger partial charge in [-0.2, -0.15) is 0 Å². The number of ether oxygens (including phenoxy) is 1. The molecule has 2 N–H and O–H groups in total. The molecular weight excluding hydrogens is 206 g/mol. The van der Waals surface area contributed by atoms with Gasteiger partial charge in [-0.15, -0.1) is 0 Å². The summed E-state index contributed by atoms with van der Waals surface area (Å²) in [7, 11) is 0. The first-order valence-corrected chi connectivity index (χ1v) is 4.57. The van der Waals surface area contributed by atoms with Crippen LogP contribution < -0.4 is 5.73 Å². The number of thiocarbonyl (C=S) groups is 1. The smallest absolute Gasteiger partial charge is 0.0989 e. The summed E-state index contributed by atoms with van der Waals surface area (Å²) < 4.78 is 5.21. The Morgan fingerprint density at radius 3 is 2.92 bits per heavy atom. The first kappa shape index (κ1) is 10.4. The van der Waals surface area contributed by atoms with E-state index in [0.29, 0.717) is 23.2 Å². The van der Waals surface area contributed by atoms with Gasteiger partial charge in [-0.05, 0) is 17.7 Å². The van der Waals surface area contributed by atoms with Crippen molar-refractivity contribution >= 4 is 28.8 Å². The Labute approximate surface area is 87.6 Å². The Morgan fingerprint density at radius 2 is 2.31 bits per heavy atom. The van der Waals surface area contributed by atoms with E-state index in [9.17, 15) is 0 Å². The van der Waals surface area contributed by atoms with Crippen molar-refractivity contribution in [1.29, 1.82) is 0 Å². The molecule has 0 amide bonds. The maximum Gasteiger partial charge on any atom is 0.0989 e. The molecule has 0 saturated heterocycles. The first-order chi connectivity index (χ1) is 6.18. The topological polar surface area (TPSA) is 35.2 Å². The SMILES string of the molecule is NC(=S)COCc1cccc(Cl)c1. The highest BCUT2D eigenvalue weighted by molar-refractivity contribution is 7.80. The zero-order chi connectivity index (χ0) is 9.68. The zero-order valence-electron chi connectivity index (χ0n) is 7.00. The van der Waals surface area contributed by atoms with Gasteiger partial charge in [-0.1, -0.05) is 36.0 Å². The molecule has 0 aliphatic carbocycles. The summed E-state index contributed by atoms with van der Waals surface area (Å²) in [6, 6.07) is 7.48. The molecule has 4 heteroatoms. The lowest BCUT2D eigenvalue weighted by molar-refractivity contribution is 0.159. The summed E-state index contributed by atoms with van der Waals surface area (Å²) in [5, 5.41) is 0.705. The number of rotatable bonds is 4. The minimum atomic E-state index is 0.307. The van der Waals surface area contributed by atoms with E-state index >= 15 is 0 Å². The van der Waals surface area contributed by atoms with Crippen LogP contribution in [0, 0.1) is 0 Å². The highest BCUT2D eigenvalue weighted by Gasteiger charge is 1.94. The first-order valence-electron chi connectivity index (χ1n) is 3.79. The van der Waals surface area contributed by atoms with Crippen molar-refractivity contribution in [2.75, 3.05) is 6.61 Å². The molecule has 2 nitrogen and oxygen atoms in total. The summed E-state index contributed by atoms with van der Waals surface area (Å²) in [6.07, 6.45) is 0. The van der Waals surface area contributed by atoms with Crippen LogP contribution >= 0.6 is 23.8 Å².